The molecule has 3 aliphatic rings. The number of likely N-dealkylation sites (tertiary alicyclic amines) is 1. The number of rotatable bonds is 17. The number of carbonyl (C=O) groups is 4. The summed E-state index contributed by atoms with van der Waals surface area (Å²) in [4.78, 5) is 73.9. The Hall–Kier alpha value is -5.06. The first kappa shape index (κ1) is 43.5. The highest BCUT2D eigenvalue weighted by Crippen LogP contribution is 2.38. The van der Waals surface area contributed by atoms with E-state index in [0.29, 0.717) is 72.0 Å². The van der Waals surface area contributed by atoms with Gasteiger partial charge in [0.1, 0.15) is 28.8 Å². The zero-order valence-electron chi connectivity index (χ0n) is 33.7. The zero-order valence-corrected chi connectivity index (χ0v) is 34.6. The van der Waals surface area contributed by atoms with Crippen LogP contribution in [0, 0.1) is 18.7 Å². The molecule has 3 N–H and O–H groups in total. The molecule has 0 radical (unpaired) electrons. The van der Waals surface area contributed by atoms with Crippen LogP contribution < -0.4 is 25.4 Å². The van der Waals surface area contributed by atoms with Crippen molar-refractivity contribution in [1.29, 1.82) is 0 Å². The number of piperazine rings is 1. The van der Waals surface area contributed by atoms with Crippen LogP contribution in [-0.4, -0.2) is 120 Å². The summed E-state index contributed by atoms with van der Waals surface area (Å²) in [6, 6.07) is 12.3. The molecule has 1 atom stereocenters. The van der Waals surface area contributed by atoms with E-state index in [-0.39, 0.29) is 11.9 Å². The number of H-pyrrole nitrogens is 1. The maximum atomic E-state index is 14.8. The summed E-state index contributed by atoms with van der Waals surface area (Å²) >= 11 is 1.81. The van der Waals surface area contributed by atoms with Crippen molar-refractivity contribution in [3.63, 3.8) is 0 Å². The maximum absolute atomic E-state index is 14.8. The molecule has 1 saturated carbocycles. The Morgan fingerprint density at radius 2 is 1.75 bits per heavy atom. The van der Waals surface area contributed by atoms with Crippen LogP contribution in [0.1, 0.15) is 56.8 Å². The molecule has 0 bridgehead atoms. The van der Waals surface area contributed by atoms with E-state index in [4.69, 9.17) is 14.6 Å². The highest BCUT2D eigenvalue weighted by atomic mass is 32.2. The Morgan fingerprint density at radius 3 is 2.41 bits per heavy atom. The molecule has 1 unspecified atom stereocenters. The van der Waals surface area contributed by atoms with Crippen molar-refractivity contribution in [2.45, 2.75) is 69.4 Å². The lowest BCUT2D eigenvalue weighted by atomic mass is 9.99. The average molecular weight is 832 g/mol. The van der Waals surface area contributed by atoms with Crippen molar-refractivity contribution < 1.29 is 33.4 Å². The summed E-state index contributed by atoms with van der Waals surface area (Å²) < 4.78 is 20.5. The number of aryl methyl sites for hydroxylation is 1. The van der Waals surface area contributed by atoms with Crippen LogP contribution in [0.15, 0.2) is 47.3 Å². The van der Waals surface area contributed by atoms with Gasteiger partial charge in [0.25, 0.3) is 12.0 Å². The normalized spacial score (nSPS) is 16.9. The predicted octanol–water partition coefficient (Wildman–Crippen LogP) is 4.94. The van der Waals surface area contributed by atoms with Crippen molar-refractivity contribution >= 4 is 70.0 Å². The van der Waals surface area contributed by atoms with Crippen LogP contribution in [-0.2, 0) is 24.9 Å². The van der Waals surface area contributed by atoms with E-state index in [1.807, 2.05) is 32.0 Å². The molecule has 16 heteroatoms. The summed E-state index contributed by atoms with van der Waals surface area (Å²) in [5.41, 5.74) is 2.68. The Bertz CT molecular complexity index is 2150. The molecule has 1 aromatic heterocycles. The van der Waals surface area contributed by atoms with Crippen LogP contribution in [0.3, 0.4) is 0 Å². The van der Waals surface area contributed by atoms with Crippen LogP contribution in [0.25, 0.3) is 21.7 Å². The fraction of sp³-hybridized carbons (Fsp3) is 0.488. The number of anilines is 2. The number of aromatic nitrogens is 2. The number of benzene rings is 3. The highest BCUT2D eigenvalue weighted by molar-refractivity contribution is 7.99. The molecule has 3 fully saturated rings. The van der Waals surface area contributed by atoms with Crippen molar-refractivity contribution in [2.24, 2.45) is 5.92 Å². The van der Waals surface area contributed by atoms with Gasteiger partial charge in [0, 0.05) is 73.1 Å². The zero-order chi connectivity index (χ0) is 41.9. The fourth-order valence-electron chi connectivity index (χ4n) is 8.06. The van der Waals surface area contributed by atoms with E-state index >= 15 is 0 Å². The number of hydrogen-bond acceptors (Lipinski definition) is 11. The first-order chi connectivity index (χ1) is 28.7. The van der Waals surface area contributed by atoms with Crippen molar-refractivity contribution in [2.75, 3.05) is 68.8 Å². The molecule has 2 aliphatic heterocycles. The van der Waals surface area contributed by atoms with Gasteiger partial charge in [0.15, 0.2) is 0 Å². The molecule has 7 rings (SSSR count). The number of fused-ring (bicyclic) bond motifs is 2. The van der Waals surface area contributed by atoms with E-state index in [1.54, 1.807) is 17.8 Å². The van der Waals surface area contributed by atoms with Gasteiger partial charge in [-0.3, -0.25) is 34.2 Å². The molecule has 3 amide bonds. The molecule has 3 heterocycles. The number of carbonyl (C=O) groups excluding carboxylic acids is 3. The summed E-state index contributed by atoms with van der Waals surface area (Å²) in [5.74, 6) is 1.01. The minimum Gasteiger partial charge on any atom is -0.493 e. The topological polar surface area (TPSA) is 168 Å². The number of carboxylic acid groups (broad SMARTS) is 1. The second kappa shape index (κ2) is 20.8. The van der Waals surface area contributed by atoms with Gasteiger partial charge in [0.2, 0.25) is 18.7 Å². The monoisotopic (exact) mass is 831 g/mol. The number of piperidine rings is 1. The number of thioether (sulfide) groups is 1. The van der Waals surface area contributed by atoms with Crippen LogP contribution in [0.4, 0.5) is 15.8 Å². The summed E-state index contributed by atoms with van der Waals surface area (Å²) in [6.07, 6.45) is 6.59. The number of nitrogens with zero attached hydrogens (tertiary/aromatic N) is 5. The fourth-order valence-corrected chi connectivity index (χ4v) is 9.13. The van der Waals surface area contributed by atoms with E-state index in [0.717, 1.165) is 100 Å². The van der Waals surface area contributed by atoms with Gasteiger partial charge < -0.3 is 29.5 Å². The lowest BCUT2D eigenvalue weighted by molar-refractivity contribution is -0.127. The molecule has 1 aliphatic carbocycles. The van der Waals surface area contributed by atoms with E-state index < -0.39 is 23.3 Å². The highest BCUT2D eigenvalue weighted by Gasteiger charge is 2.29. The Morgan fingerprint density at radius 1 is 1.03 bits per heavy atom. The third-order valence-electron chi connectivity index (χ3n) is 11.4. The number of hydrogen-bond donors (Lipinski definition) is 3. The summed E-state index contributed by atoms with van der Waals surface area (Å²) in [5, 5.41) is 11.5. The molecule has 0 spiro atoms. The van der Waals surface area contributed by atoms with Gasteiger partial charge in [0.05, 0.1) is 23.6 Å². The standard InChI is InChI=1S/C42H52FN7O5S.CH2O2/c1-3-5-37(41(53)44-26-51)50(27-52)36-11-10-35(32-7-4-6-28(2)39(32)36)49-20-18-48(19-21-49)17-16-47-14-12-31(13-15-47)56-25-38-45-34-23-30(55-24-29-8-9-29)22-33(43)40(34)42(54)46-38;2-1-3/h4,6-7,10-11,22-23,26-27,29,31,37H,3,5,8-9,12-21,24-25H2,1-2H3,(H,44,51,53)(H,45,46,54);1H,(H,2,3). The van der Waals surface area contributed by atoms with Crippen molar-refractivity contribution in [3.05, 3.63) is 70.0 Å². The predicted molar refractivity (Wildman–Crippen MR) is 229 cm³/mol. The minimum atomic E-state index is -0.789. The molecule has 316 valence electrons. The van der Waals surface area contributed by atoms with Crippen LogP contribution in [0.5, 0.6) is 5.75 Å². The van der Waals surface area contributed by atoms with Gasteiger partial charge in [-0.1, -0.05) is 31.5 Å². The van der Waals surface area contributed by atoms with Gasteiger partial charge in [-0.25, -0.2) is 9.37 Å². The van der Waals surface area contributed by atoms with Crippen molar-refractivity contribution in [3.8, 4) is 5.75 Å². The Labute approximate surface area is 347 Å². The third-order valence-corrected chi connectivity index (χ3v) is 12.8. The number of halogens is 1. The Kier molecular flexibility index (Phi) is 15.3. The lowest BCUT2D eigenvalue weighted by Crippen LogP contribution is -2.49. The largest absolute Gasteiger partial charge is 0.493 e. The summed E-state index contributed by atoms with van der Waals surface area (Å²) in [6.45, 7) is 12.0. The third kappa shape index (κ3) is 11.0. The summed E-state index contributed by atoms with van der Waals surface area (Å²) in [7, 11) is 0. The molecule has 3 aromatic carbocycles. The van der Waals surface area contributed by atoms with Crippen LogP contribution in [0.2, 0.25) is 0 Å². The maximum Gasteiger partial charge on any atom is 0.290 e. The number of imide groups is 1. The minimum absolute atomic E-state index is 0.0190. The van der Waals surface area contributed by atoms with Crippen LogP contribution >= 0.6 is 11.8 Å². The van der Waals surface area contributed by atoms with Gasteiger partial charge in [-0.05, 0) is 75.7 Å². The molecular formula is C43H54FN7O7S. The first-order valence-electron chi connectivity index (χ1n) is 20.4. The quantitative estimate of drug-likeness (QED) is 0.123. The van der Waals surface area contributed by atoms with E-state index in [2.05, 4.69) is 42.1 Å². The van der Waals surface area contributed by atoms with Gasteiger partial charge >= 0.3 is 0 Å². The SMILES string of the molecule is CCCC(C(=O)NC=O)N(C=O)c1ccc(N2CCN(CCN3CCC(SCc4nc5cc(OCC6CC6)cc(F)c5c(=O)[nH]4)CC3)CC2)c2cccc(C)c12.O=CO. The molecular weight excluding hydrogens is 778 g/mol. The smallest absolute Gasteiger partial charge is 0.290 e. The first-order valence-corrected chi connectivity index (χ1v) is 21.5. The van der Waals surface area contributed by atoms with E-state index in [1.165, 1.54) is 11.0 Å². The lowest BCUT2D eigenvalue weighted by Gasteiger charge is -2.39. The van der Waals surface area contributed by atoms with E-state index in [9.17, 15) is 23.6 Å². The average Bonchev–Trinajstić information content (AvgIpc) is 4.07. The molecule has 4 aromatic rings. The molecule has 14 nitrogen and oxygen atoms in total. The molecule has 2 saturated heterocycles. The number of aromatic amines is 1. The van der Waals surface area contributed by atoms with Crippen molar-refractivity contribution in [1.82, 2.24) is 25.1 Å². The number of amides is 3. The second-order valence-electron chi connectivity index (χ2n) is 15.4. The second-order valence-corrected chi connectivity index (χ2v) is 16.7. The van der Waals surface area contributed by atoms with Gasteiger partial charge in [-0.15, -0.1) is 0 Å². The number of nitrogens with one attached hydrogen (secondary N) is 2. The number of ether oxygens (including phenoxy) is 1. The molecule has 59 heavy (non-hydrogen) atoms. The Balaban J connectivity index is 0.00000189. The van der Waals surface area contributed by atoms with Gasteiger partial charge in [-0.2, -0.15) is 11.8 Å².